The van der Waals surface area contributed by atoms with Crippen LogP contribution in [0.2, 0.25) is 0 Å². The van der Waals surface area contributed by atoms with Gasteiger partial charge in [-0.2, -0.15) is 0 Å². The van der Waals surface area contributed by atoms with Crippen molar-refractivity contribution in [3.63, 3.8) is 0 Å². The standard InChI is InChI=1S/C32H39N3O4S/c1-24-19-25(2)21-29(20-24)35(40(38,39)30-17-11-6-12-18-30)23-31(36)34(22-27-13-7-4-8-14-27)26(3)32(37)33-28-15-9-5-10-16-28/h4,6-8,11-14,17-21,26,28H,5,9-10,15-16,22-23H2,1-3H3,(H,33,37). The maximum Gasteiger partial charge on any atom is 0.264 e. The van der Waals surface area contributed by atoms with Crippen LogP contribution in [0.4, 0.5) is 5.69 Å². The molecule has 0 bridgehead atoms. The normalized spacial score (nSPS) is 14.8. The second kappa shape index (κ2) is 13.1. The van der Waals surface area contributed by atoms with Gasteiger partial charge in [-0.1, -0.05) is 73.9 Å². The van der Waals surface area contributed by atoms with E-state index in [0.717, 1.165) is 46.7 Å². The van der Waals surface area contributed by atoms with Crippen molar-refractivity contribution in [2.45, 2.75) is 76.4 Å². The van der Waals surface area contributed by atoms with Crippen LogP contribution in [0.15, 0.2) is 83.8 Å². The van der Waals surface area contributed by atoms with E-state index in [9.17, 15) is 18.0 Å². The van der Waals surface area contributed by atoms with Crippen LogP contribution in [0.1, 0.15) is 55.7 Å². The fraction of sp³-hybridized carbons (Fsp3) is 0.375. The molecule has 7 nitrogen and oxygen atoms in total. The number of hydrogen-bond donors (Lipinski definition) is 1. The third kappa shape index (κ3) is 7.30. The number of amides is 2. The number of nitrogens with zero attached hydrogens (tertiary/aromatic N) is 2. The van der Waals surface area contributed by atoms with Gasteiger partial charge in [-0.3, -0.25) is 13.9 Å². The Morgan fingerprint density at radius 2 is 1.45 bits per heavy atom. The number of sulfonamides is 1. The van der Waals surface area contributed by atoms with Crippen molar-refractivity contribution >= 4 is 27.5 Å². The van der Waals surface area contributed by atoms with Crippen molar-refractivity contribution in [3.05, 3.63) is 95.6 Å². The zero-order chi connectivity index (χ0) is 28.7. The SMILES string of the molecule is Cc1cc(C)cc(N(CC(=O)N(Cc2ccccc2)C(C)C(=O)NC2CCCCC2)S(=O)(=O)c2ccccc2)c1. The molecule has 3 aromatic rings. The number of anilines is 1. The summed E-state index contributed by atoms with van der Waals surface area (Å²) in [4.78, 5) is 29.0. The molecule has 0 heterocycles. The molecule has 212 valence electrons. The lowest BCUT2D eigenvalue weighted by Crippen LogP contribution is -2.53. The summed E-state index contributed by atoms with van der Waals surface area (Å²) in [5.74, 6) is -0.672. The van der Waals surface area contributed by atoms with Crippen molar-refractivity contribution in [2.24, 2.45) is 0 Å². The predicted octanol–water partition coefficient (Wildman–Crippen LogP) is 5.36. The fourth-order valence-electron chi connectivity index (χ4n) is 5.27. The molecule has 1 aliphatic carbocycles. The van der Waals surface area contributed by atoms with E-state index in [2.05, 4.69) is 5.32 Å². The van der Waals surface area contributed by atoms with Crippen LogP contribution >= 0.6 is 0 Å². The van der Waals surface area contributed by atoms with E-state index in [4.69, 9.17) is 0 Å². The first kappa shape index (κ1) is 29.3. The van der Waals surface area contributed by atoms with E-state index in [-0.39, 0.29) is 23.4 Å². The third-order valence-electron chi connectivity index (χ3n) is 7.42. The molecule has 0 aliphatic heterocycles. The summed E-state index contributed by atoms with van der Waals surface area (Å²) in [6, 6.07) is 22.4. The summed E-state index contributed by atoms with van der Waals surface area (Å²) < 4.78 is 29.0. The first-order chi connectivity index (χ1) is 19.1. The van der Waals surface area contributed by atoms with Crippen molar-refractivity contribution in [3.8, 4) is 0 Å². The van der Waals surface area contributed by atoms with Gasteiger partial charge < -0.3 is 10.2 Å². The molecule has 1 unspecified atom stereocenters. The summed E-state index contributed by atoms with van der Waals surface area (Å²) >= 11 is 0. The molecule has 3 aromatic carbocycles. The Balaban J connectivity index is 1.68. The Morgan fingerprint density at radius 1 is 0.875 bits per heavy atom. The monoisotopic (exact) mass is 561 g/mol. The van der Waals surface area contributed by atoms with Crippen LogP contribution in [0, 0.1) is 13.8 Å². The van der Waals surface area contributed by atoms with Crippen LogP contribution in [0.3, 0.4) is 0 Å². The van der Waals surface area contributed by atoms with Gasteiger partial charge in [-0.15, -0.1) is 0 Å². The number of hydrogen-bond acceptors (Lipinski definition) is 4. The molecule has 1 aliphatic rings. The Morgan fingerprint density at radius 3 is 2.05 bits per heavy atom. The molecule has 40 heavy (non-hydrogen) atoms. The van der Waals surface area contributed by atoms with E-state index in [1.165, 1.54) is 23.5 Å². The summed E-state index contributed by atoms with van der Waals surface area (Å²) in [7, 11) is -4.07. The maximum atomic E-state index is 14.1. The largest absolute Gasteiger partial charge is 0.352 e. The van der Waals surface area contributed by atoms with E-state index in [0.29, 0.717) is 5.69 Å². The number of carbonyl (C=O) groups excluding carboxylic acids is 2. The van der Waals surface area contributed by atoms with Crippen LogP contribution in [0.5, 0.6) is 0 Å². The van der Waals surface area contributed by atoms with E-state index < -0.39 is 28.5 Å². The molecule has 0 spiro atoms. The van der Waals surface area contributed by atoms with Crippen molar-refractivity contribution in [1.82, 2.24) is 10.2 Å². The first-order valence-electron chi connectivity index (χ1n) is 13.9. The summed E-state index contributed by atoms with van der Waals surface area (Å²) in [6.45, 7) is 5.25. The Bertz CT molecular complexity index is 1380. The third-order valence-corrected chi connectivity index (χ3v) is 9.21. The van der Waals surface area contributed by atoms with Crippen LogP contribution < -0.4 is 9.62 Å². The van der Waals surface area contributed by atoms with Crippen LogP contribution in [-0.2, 0) is 26.2 Å². The summed E-state index contributed by atoms with van der Waals surface area (Å²) in [6.07, 6.45) is 5.19. The van der Waals surface area contributed by atoms with Gasteiger partial charge in [-0.25, -0.2) is 8.42 Å². The fourth-order valence-corrected chi connectivity index (χ4v) is 6.69. The van der Waals surface area contributed by atoms with Gasteiger partial charge in [0.15, 0.2) is 0 Å². The topological polar surface area (TPSA) is 86.8 Å². The molecule has 8 heteroatoms. The summed E-state index contributed by atoms with van der Waals surface area (Å²) in [5, 5.41) is 3.13. The van der Waals surface area contributed by atoms with Crippen molar-refractivity contribution in [2.75, 3.05) is 10.8 Å². The molecule has 0 aromatic heterocycles. The molecule has 1 fully saturated rings. The Kier molecular flexibility index (Phi) is 9.63. The number of nitrogens with one attached hydrogen (secondary N) is 1. The first-order valence-corrected chi connectivity index (χ1v) is 15.4. The number of benzene rings is 3. The molecule has 1 saturated carbocycles. The number of aryl methyl sites for hydroxylation is 2. The van der Waals surface area contributed by atoms with E-state index in [1.54, 1.807) is 37.3 Å². The van der Waals surface area contributed by atoms with Gasteiger partial charge in [-0.05, 0) is 74.6 Å². The minimum absolute atomic E-state index is 0.0969. The highest BCUT2D eigenvalue weighted by atomic mass is 32.2. The molecular weight excluding hydrogens is 522 g/mol. The molecular formula is C32H39N3O4S. The number of rotatable bonds is 10. The number of carbonyl (C=O) groups is 2. The minimum atomic E-state index is -4.07. The Labute approximate surface area is 238 Å². The van der Waals surface area contributed by atoms with E-state index in [1.807, 2.05) is 50.2 Å². The lowest BCUT2D eigenvalue weighted by Gasteiger charge is -2.33. The van der Waals surface area contributed by atoms with Crippen molar-refractivity contribution < 1.29 is 18.0 Å². The van der Waals surface area contributed by atoms with E-state index >= 15 is 0 Å². The quantitative estimate of drug-likeness (QED) is 0.361. The average Bonchev–Trinajstić information content (AvgIpc) is 2.95. The zero-order valence-corrected chi connectivity index (χ0v) is 24.4. The highest BCUT2D eigenvalue weighted by Crippen LogP contribution is 2.27. The van der Waals surface area contributed by atoms with Crippen LogP contribution in [-0.4, -0.2) is 43.8 Å². The maximum absolute atomic E-state index is 14.1. The summed E-state index contributed by atoms with van der Waals surface area (Å²) in [5.41, 5.74) is 3.04. The molecule has 0 radical (unpaired) electrons. The zero-order valence-electron chi connectivity index (χ0n) is 23.5. The van der Waals surface area contributed by atoms with Gasteiger partial charge in [0, 0.05) is 12.6 Å². The smallest absolute Gasteiger partial charge is 0.264 e. The van der Waals surface area contributed by atoms with Gasteiger partial charge >= 0.3 is 0 Å². The Hall–Kier alpha value is -3.65. The molecule has 1 atom stereocenters. The average molecular weight is 562 g/mol. The second-order valence-corrected chi connectivity index (χ2v) is 12.6. The van der Waals surface area contributed by atoms with Crippen molar-refractivity contribution in [1.29, 1.82) is 0 Å². The second-order valence-electron chi connectivity index (χ2n) is 10.7. The highest BCUT2D eigenvalue weighted by Gasteiger charge is 2.33. The lowest BCUT2D eigenvalue weighted by atomic mass is 9.95. The van der Waals surface area contributed by atoms with Gasteiger partial charge in [0.25, 0.3) is 10.0 Å². The molecule has 2 amide bonds. The highest BCUT2D eigenvalue weighted by molar-refractivity contribution is 7.92. The molecule has 4 rings (SSSR count). The van der Waals surface area contributed by atoms with Gasteiger partial charge in [0.2, 0.25) is 11.8 Å². The van der Waals surface area contributed by atoms with Crippen LogP contribution in [0.25, 0.3) is 0 Å². The lowest BCUT2D eigenvalue weighted by molar-refractivity contribution is -0.139. The van der Waals surface area contributed by atoms with Gasteiger partial charge in [0.05, 0.1) is 10.6 Å². The molecule has 0 saturated heterocycles. The predicted molar refractivity (Wildman–Crippen MR) is 158 cm³/mol. The minimum Gasteiger partial charge on any atom is -0.352 e. The van der Waals surface area contributed by atoms with Gasteiger partial charge in [0.1, 0.15) is 12.6 Å². The molecule has 1 N–H and O–H groups in total.